The first-order valence-electron chi connectivity index (χ1n) is 12.8. The third-order valence-corrected chi connectivity index (χ3v) is 8.54. The maximum Gasteiger partial charge on any atom is 0.264 e. The molecule has 0 spiro atoms. The molecule has 3 aromatic carbocycles. The number of carbonyl (C=O) groups is 2. The molecule has 0 fully saturated rings. The predicted molar refractivity (Wildman–Crippen MR) is 156 cm³/mol. The van der Waals surface area contributed by atoms with Crippen molar-refractivity contribution in [2.45, 2.75) is 65.1 Å². The summed E-state index contributed by atoms with van der Waals surface area (Å²) in [6, 6.07) is 18.0. The van der Waals surface area contributed by atoms with Gasteiger partial charge < -0.3 is 10.2 Å². The Hall–Kier alpha value is -3.36. The van der Waals surface area contributed by atoms with E-state index in [9.17, 15) is 18.0 Å². The van der Waals surface area contributed by atoms with Gasteiger partial charge in [-0.25, -0.2) is 8.42 Å². The van der Waals surface area contributed by atoms with E-state index in [1.807, 2.05) is 52.0 Å². The third kappa shape index (κ3) is 7.40. The molecule has 0 aromatic heterocycles. The lowest BCUT2D eigenvalue weighted by Crippen LogP contribution is -2.52. The van der Waals surface area contributed by atoms with Crippen molar-refractivity contribution in [3.8, 4) is 0 Å². The number of sulfonamides is 1. The molecule has 9 heteroatoms. The van der Waals surface area contributed by atoms with Gasteiger partial charge in [0.05, 0.1) is 10.6 Å². The largest absolute Gasteiger partial charge is 0.352 e. The van der Waals surface area contributed by atoms with Crippen LogP contribution in [0.3, 0.4) is 0 Å². The molecule has 7 nitrogen and oxygen atoms in total. The van der Waals surface area contributed by atoms with E-state index in [2.05, 4.69) is 5.32 Å². The lowest BCUT2D eigenvalue weighted by atomic mass is 10.1. The summed E-state index contributed by atoms with van der Waals surface area (Å²) in [5.41, 5.74) is 3.67. The predicted octanol–water partition coefficient (Wildman–Crippen LogP) is 5.40. The van der Waals surface area contributed by atoms with Gasteiger partial charge >= 0.3 is 0 Å². The van der Waals surface area contributed by atoms with E-state index in [1.54, 1.807) is 38.1 Å². The van der Waals surface area contributed by atoms with Crippen LogP contribution in [0.25, 0.3) is 0 Å². The van der Waals surface area contributed by atoms with Crippen molar-refractivity contribution in [2.75, 3.05) is 10.8 Å². The molecule has 0 saturated heterocycles. The number of amides is 2. The van der Waals surface area contributed by atoms with Crippen molar-refractivity contribution >= 4 is 39.1 Å². The topological polar surface area (TPSA) is 86.8 Å². The van der Waals surface area contributed by atoms with Gasteiger partial charge in [-0.3, -0.25) is 13.9 Å². The average molecular weight is 570 g/mol. The minimum Gasteiger partial charge on any atom is -0.352 e. The summed E-state index contributed by atoms with van der Waals surface area (Å²) >= 11 is 6.27. The van der Waals surface area contributed by atoms with Gasteiger partial charge in [-0.1, -0.05) is 59.6 Å². The number of anilines is 1. The van der Waals surface area contributed by atoms with Gasteiger partial charge in [0.15, 0.2) is 0 Å². The molecule has 0 heterocycles. The highest BCUT2D eigenvalue weighted by molar-refractivity contribution is 7.92. The number of nitrogens with zero attached hydrogens (tertiary/aromatic N) is 2. The number of hydrogen-bond donors (Lipinski definition) is 1. The summed E-state index contributed by atoms with van der Waals surface area (Å²) in [5, 5.41) is 3.20. The third-order valence-electron chi connectivity index (χ3n) is 6.53. The van der Waals surface area contributed by atoms with Crippen molar-refractivity contribution in [1.29, 1.82) is 0 Å². The molecule has 0 saturated carbocycles. The number of aryl methyl sites for hydroxylation is 3. The number of nitrogens with one attached hydrogen (secondary N) is 1. The summed E-state index contributed by atoms with van der Waals surface area (Å²) in [4.78, 5) is 28.5. The molecule has 0 aliphatic rings. The molecular weight excluding hydrogens is 534 g/mol. The Balaban J connectivity index is 2.09. The number of benzene rings is 3. The zero-order valence-corrected chi connectivity index (χ0v) is 24.8. The van der Waals surface area contributed by atoms with Crippen molar-refractivity contribution in [2.24, 2.45) is 0 Å². The first-order chi connectivity index (χ1) is 18.3. The number of rotatable bonds is 10. The van der Waals surface area contributed by atoms with Gasteiger partial charge in [0.1, 0.15) is 12.6 Å². The Morgan fingerprint density at radius 3 is 2.15 bits per heavy atom. The summed E-state index contributed by atoms with van der Waals surface area (Å²) in [6.45, 7) is 10.5. The van der Waals surface area contributed by atoms with E-state index in [0.29, 0.717) is 16.3 Å². The van der Waals surface area contributed by atoms with Gasteiger partial charge in [0.25, 0.3) is 10.0 Å². The monoisotopic (exact) mass is 569 g/mol. The van der Waals surface area contributed by atoms with Crippen LogP contribution in [-0.4, -0.2) is 43.8 Å². The highest BCUT2D eigenvalue weighted by Crippen LogP contribution is 2.30. The lowest BCUT2D eigenvalue weighted by molar-refractivity contribution is -0.139. The first-order valence-corrected chi connectivity index (χ1v) is 14.6. The van der Waals surface area contributed by atoms with E-state index >= 15 is 0 Å². The second-order valence-electron chi connectivity index (χ2n) is 10.0. The van der Waals surface area contributed by atoms with Crippen LogP contribution < -0.4 is 9.62 Å². The number of carbonyl (C=O) groups excluding carboxylic acids is 2. The quantitative estimate of drug-likeness (QED) is 0.354. The molecule has 208 valence electrons. The summed E-state index contributed by atoms with van der Waals surface area (Å²) in [6.07, 6.45) is 0. The van der Waals surface area contributed by atoms with Gasteiger partial charge in [-0.05, 0) is 82.5 Å². The average Bonchev–Trinajstić information content (AvgIpc) is 2.87. The molecule has 3 rings (SSSR count). The van der Waals surface area contributed by atoms with E-state index in [0.717, 1.165) is 21.0 Å². The molecule has 3 aromatic rings. The standard InChI is InChI=1S/C30H36ClN3O4S/c1-20(2)32-30(36)24(6)33(18-25-10-8-7-9-22(25)4)29(35)19-34(28-17-26(31)14-13-23(28)5)39(37,38)27-15-11-21(3)12-16-27/h7-17,20,24H,18-19H2,1-6H3,(H,32,36)/t24-/m1/s1. The maximum atomic E-state index is 14.0. The summed E-state index contributed by atoms with van der Waals surface area (Å²) < 4.78 is 29.0. The van der Waals surface area contributed by atoms with Crippen LogP contribution in [0.1, 0.15) is 43.0 Å². The van der Waals surface area contributed by atoms with Crippen molar-refractivity contribution in [3.63, 3.8) is 0 Å². The summed E-state index contributed by atoms with van der Waals surface area (Å²) in [5.74, 6) is -0.835. The normalized spacial score (nSPS) is 12.2. The molecule has 39 heavy (non-hydrogen) atoms. The van der Waals surface area contributed by atoms with Crippen LogP contribution in [0, 0.1) is 20.8 Å². The fraction of sp³-hybridized carbons (Fsp3) is 0.333. The molecule has 0 aliphatic carbocycles. The molecule has 0 radical (unpaired) electrons. The molecule has 2 amide bonds. The first kappa shape index (κ1) is 30.2. The van der Waals surface area contributed by atoms with Crippen molar-refractivity contribution in [3.05, 3.63) is 94.0 Å². The molecule has 0 unspecified atom stereocenters. The minimum atomic E-state index is -4.16. The fourth-order valence-electron chi connectivity index (χ4n) is 4.16. The van der Waals surface area contributed by atoms with E-state index < -0.39 is 28.5 Å². The van der Waals surface area contributed by atoms with Gasteiger partial charge in [-0.15, -0.1) is 0 Å². The lowest BCUT2D eigenvalue weighted by Gasteiger charge is -2.33. The molecule has 0 aliphatic heterocycles. The Morgan fingerprint density at radius 1 is 0.897 bits per heavy atom. The second kappa shape index (κ2) is 12.7. The van der Waals surface area contributed by atoms with E-state index in [-0.39, 0.29) is 23.4 Å². The highest BCUT2D eigenvalue weighted by atomic mass is 35.5. The van der Waals surface area contributed by atoms with Crippen LogP contribution >= 0.6 is 11.6 Å². The molecule has 1 atom stereocenters. The number of halogens is 1. The SMILES string of the molecule is Cc1ccc(S(=O)(=O)N(CC(=O)N(Cc2ccccc2C)[C@H](C)C(=O)NC(C)C)c2cc(Cl)ccc2C)cc1. The van der Waals surface area contributed by atoms with Crippen LogP contribution in [0.4, 0.5) is 5.69 Å². The Kier molecular flexibility index (Phi) is 9.80. The van der Waals surface area contributed by atoms with Gasteiger partial charge in [-0.2, -0.15) is 0 Å². The maximum absolute atomic E-state index is 14.0. The zero-order chi connectivity index (χ0) is 28.9. The van der Waals surface area contributed by atoms with E-state index in [4.69, 9.17) is 11.6 Å². The van der Waals surface area contributed by atoms with Crippen LogP contribution in [0.15, 0.2) is 71.6 Å². The molecular formula is C30H36ClN3O4S. The smallest absolute Gasteiger partial charge is 0.264 e. The Labute approximate surface area is 236 Å². The van der Waals surface area contributed by atoms with Crippen molar-refractivity contribution < 1.29 is 18.0 Å². The number of hydrogen-bond acceptors (Lipinski definition) is 4. The van der Waals surface area contributed by atoms with Gasteiger partial charge in [0.2, 0.25) is 11.8 Å². The van der Waals surface area contributed by atoms with Crippen LogP contribution in [-0.2, 0) is 26.2 Å². The van der Waals surface area contributed by atoms with Gasteiger partial charge in [0, 0.05) is 17.6 Å². The Morgan fingerprint density at radius 2 is 1.54 bits per heavy atom. The minimum absolute atomic E-state index is 0.0522. The second-order valence-corrected chi connectivity index (χ2v) is 12.3. The highest BCUT2D eigenvalue weighted by Gasteiger charge is 2.33. The van der Waals surface area contributed by atoms with E-state index in [1.165, 1.54) is 23.1 Å². The zero-order valence-electron chi connectivity index (χ0n) is 23.2. The molecule has 1 N–H and O–H groups in total. The fourth-order valence-corrected chi connectivity index (χ4v) is 5.80. The summed E-state index contributed by atoms with van der Waals surface area (Å²) in [7, 11) is -4.16. The van der Waals surface area contributed by atoms with Crippen molar-refractivity contribution in [1.82, 2.24) is 10.2 Å². The molecule has 0 bridgehead atoms. The van der Waals surface area contributed by atoms with Crippen LogP contribution in [0.2, 0.25) is 5.02 Å². The Bertz CT molecular complexity index is 1440. The van der Waals surface area contributed by atoms with Crippen LogP contribution in [0.5, 0.6) is 0 Å².